The van der Waals surface area contributed by atoms with Crippen LogP contribution >= 0.6 is 0 Å². The van der Waals surface area contributed by atoms with E-state index in [0.29, 0.717) is 13.1 Å². The highest BCUT2D eigenvalue weighted by Crippen LogP contribution is 2.29. The van der Waals surface area contributed by atoms with Crippen molar-refractivity contribution in [2.75, 3.05) is 30.3 Å². The Bertz CT molecular complexity index is 1280. The lowest BCUT2D eigenvalue weighted by Gasteiger charge is -2.19. The lowest BCUT2D eigenvalue weighted by atomic mass is 10.1. The molecule has 4 aromatic rings. The number of hydrogen-bond acceptors (Lipinski definition) is 4. The number of carbonyl (C=O) groups excluding carboxylic acids is 1. The minimum absolute atomic E-state index is 0.0675. The van der Waals surface area contributed by atoms with E-state index in [-0.39, 0.29) is 6.03 Å². The third-order valence-corrected chi connectivity index (χ3v) is 6.55. The molecular formula is C28H34N6O. The first-order valence-corrected chi connectivity index (χ1v) is 12.2. The summed E-state index contributed by atoms with van der Waals surface area (Å²) in [5.41, 5.74) is 6.61. The minimum atomic E-state index is -0.0675. The van der Waals surface area contributed by atoms with Crippen molar-refractivity contribution in [3.05, 3.63) is 83.3 Å². The lowest BCUT2D eigenvalue weighted by molar-refractivity contribution is 0.217. The topological polar surface area (TPSA) is 75.1 Å². The van der Waals surface area contributed by atoms with E-state index >= 15 is 0 Å². The highest BCUT2D eigenvalue weighted by atomic mass is 16.2. The molecule has 0 saturated heterocycles. The summed E-state index contributed by atoms with van der Waals surface area (Å²) in [5.74, 6) is 0.866. The number of hydrogen-bond donors (Lipinski definition) is 2. The Kier molecular flexibility index (Phi) is 7.65. The summed E-state index contributed by atoms with van der Waals surface area (Å²) in [6.45, 7) is 11.2. The fourth-order valence-electron chi connectivity index (χ4n) is 4.36. The van der Waals surface area contributed by atoms with Crippen LogP contribution in [0.1, 0.15) is 36.2 Å². The summed E-state index contributed by atoms with van der Waals surface area (Å²) in [7, 11) is 0. The predicted octanol–water partition coefficient (Wildman–Crippen LogP) is 5.62. The maximum absolute atomic E-state index is 12.2. The molecule has 0 saturated carbocycles. The number of anilines is 2. The van der Waals surface area contributed by atoms with E-state index in [1.54, 1.807) is 11.2 Å². The van der Waals surface area contributed by atoms with E-state index in [4.69, 9.17) is 0 Å². The van der Waals surface area contributed by atoms with Crippen molar-refractivity contribution in [3.63, 3.8) is 0 Å². The van der Waals surface area contributed by atoms with E-state index in [2.05, 4.69) is 75.4 Å². The van der Waals surface area contributed by atoms with Gasteiger partial charge in [0.1, 0.15) is 17.8 Å². The molecule has 35 heavy (non-hydrogen) atoms. The predicted molar refractivity (Wildman–Crippen MR) is 143 cm³/mol. The molecule has 0 aliphatic carbocycles. The largest absolute Gasteiger partial charge is 0.369 e. The average Bonchev–Trinajstić information content (AvgIpc) is 3.12. The number of amides is 2. The third kappa shape index (κ3) is 5.45. The van der Waals surface area contributed by atoms with E-state index in [0.717, 1.165) is 42.0 Å². The molecule has 0 atom stereocenters. The van der Waals surface area contributed by atoms with E-state index in [1.165, 1.54) is 22.4 Å². The first-order chi connectivity index (χ1) is 17.0. The number of nitrogens with zero attached hydrogens (tertiary/aromatic N) is 4. The van der Waals surface area contributed by atoms with Gasteiger partial charge in [-0.3, -0.25) is 0 Å². The van der Waals surface area contributed by atoms with Crippen molar-refractivity contribution in [3.8, 4) is 0 Å². The van der Waals surface area contributed by atoms with Gasteiger partial charge in [0.05, 0.1) is 5.39 Å². The van der Waals surface area contributed by atoms with Crippen LogP contribution < -0.4 is 10.6 Å². The van der Waals surface area contributed by atoms with E-state index in [1.807, 2.05) is 32.0 Å². The Morgan fingerprint density at radius 3 is 2.34 bits per heavy atom. The molecule has 0 bridgehead atoms. The second kappa shape index (κ2) is 11.0. The summed E-state index contributed by atoms with van der Waals surface area (Å²) < 4.78 is 2.26. The second-order valence-corrected chi connectivity index (χ2v) is 8.68. The molecule has 0 spiro atoms. The molecule has 0 aliphatic heterocycles. The molecule has 2 N–H and O–H groups in total. The van der Waals surface area contributed by atoms with Crippen LogP contribution in [0.2, 0.25) is 0 Å². The fourth-order valence-corrected chi connectivity index (χ4v) is 4.36. The van der Waals surface area contributed by atoms with Crippen LogP contribution in [0.15, 0.2) is 60.9 Å². The van der Waals surface area contributed by atoms with Gasteiger partial charge in [-0.2, -0.15) is 0 Å². The van der Waals surface area contributed by atoms with Gasteiger partial charge in [0.2, 0.25) is 0 Å². The summed E-state index contributed by atoms with van der Waals surface area (Å²) in [4.78, 5) is 23.2. The molecular weight excluding hydrogens is 436 g/mol. The number of fused-ring (bicyclic) bond motifs is 1. The molecule has 2 heterocycles. The van der Waals surface area contributed by atoms with Crippen LogP contribution in [0, 0.1) is 13.8 Å². The smallest absolute Gasteiger partial charge is 0.321 e. The quantitative estimate of drug-likeness (QED) is 0.333. The average molecular weight is 471 g/mol. The maximum atomic E-state index is 12.2. The molecule has 0 unspecified atom stereocenters. The first kappa shape index (κ1) is 24.3. The molecule has 2 aromatic heterocycles. The highest BCUT2D eigenvalue weighted by molar-refractivity contribution is 5.92. The first-order valence-electron chi connectivity index (χ1n) is 12.2. The zero-order chi connectivity index (χ0) is 24.8. The van der Waals surface area contributed by atoms with Crippen molar-refractivity contribution in [2.24, 2.45) is 0 Å². The van der Waals surface area contributed by atoms with Crippen LogP contribution in [0.3, 0.4) is 0 Å². The van der Waals surface area contributed by atoms with Gasteiger partial charge in [-0.05, 0) is 62.9 Å². The normalized spacial score (nSPS) is 11.0. The Balaban J connectivity index is 1.42. The molecule has 0 aliphatic rings. The number of aromatic nitrogens is 3. The molecule has 2 amide bonds. The number of urea groups is 1. The van der Waals surface area contributed by atoms with Gasteiger partial charge >= 0.3 is 6.03 Å². The van der Waals surface area contributed by atoms with Gasteiger partial charge < -0.3 is 20.1 Å². The van der Waals surface area contributed by atoms with Gasteiger partial charge in [0.25, 0.3) is 0 Å². The van der Waals surface area contributed by atoms with Crippen molar-refractivity contribution in [2.45, 2.75) is 40.7 Å². The van der Waals surface area contributed by atoms with Gasteiger partial charge in [-0.1, -0.05) is 42.5 Å². The maximum Gasteiger partial charge on any atom is 0.321 e. The van der Waals surface area contributed by atoms with Crippen LogP contribution in [-0.4, -0.2) is 45.1 Å². The zero-order valence-electron chi connectivity index (χ0n) is 21.0. The molecule has 7 nitrogen and oxygen atoms in total. The van der Waals surface area contributed by atoms with Crippen molar-refractivity contribution in [1.29, 1.82) is 0 Å². The molecule has 0 radical (unpaired) electrons. The Hall–Kier alpha value is -3.87. The summed E-state index contributed by atoms with van der Waals surface area (Å²) >= 11 is 0. The van der Waals surface area contributed by atoms with Crippen LogP contribution in [0.5, 0.6) is 0 Å². The van der Waals surface area contributed by atoms with Crippen molar-refractivity contribution >= 4 is 28.6 Å². The number of aryl methyl sites for hydroxylation is 1. The molecule has 7 heteroatoms. The van der Waals surface area contributed by atoms with Crippen LogP contribution in [-0.2, 0) is 13.0 Å². The van der Waals surface area contributed by atoms with Gasteiger partial charge in [-0.15, -0.1) is 0 Å². The van der Waals surface area contributed by atoms with Crippen LogP contribution in [0.25, 0.3) is 11.0 Å². The number of rotatable bonds is 9. The second-order valence-electron chi connectivity index (χ2n) is 8.68. The minimum Gasteiger partial charge on any atom is -0.369 e. The molecule has 0 fully saturated rings. The number of benzene rings is 2. The van der Waals surface area contributed by atoms with E-state index < -0.39 is 0 Å². The Morgan fingerprint density at radius 1 is 0.943 bits per heavy atom. The zero-order valence-corrected chi connectivity index (χ0v) is 21.0. The Morgan fingerprint density at radius 2 is 1.66 bits per heavy atom. The lowest BCUT2D eigenvalue weighted by Crippen LogP contribution is -2.34. The SMILES string of the molecule is CCN(CC)C(=O)Nc1ccc(CCNc2ncnc3c2c(C)c(C)n3Cc2ccccc2)cc1. The number of carbonyl (C=O) groups is 1. The standard InChI is InChI=1S/C28H34N6O/c1-5-33(6-2)28(35)32-24-14-12-22(13-15-24)16-17-29-26-25-20(3)21(4)34(27(25)31-19-30-26)18-23-10-8-7-9-11-23/h7-15,19H,5-6,16-18H2,1-4H3,(H,32,35)(H,29,30,31). The Labute approximate surface area is 207 Å². The third-order valence-electron chi connectivity index (χ3n) is 6.55. The molecule has 2 aromatic carbocycles. The molecule has 4 rings (SSSR count). The van der Waals surface area contributed by atoms with Crippen LogP contribution in [0.4, 0.5) is 16.3 Å². The monoisotopic (exact) mass is 470 g/mol. The summed E-state index contributed by atoms with van der Waals surface area (Å²) in [6, 6.07) is 18.4. The van der Waals surface area contributed by atoms with E-state index in [9.17, 15) is 4.79 Å². The van der Waals surface area contributed by atoms with Gasteiger partial charge in [-0.25, -0.2) is 14.8 Å². The summed E-state index contributed by atoms with van der Waals surface area (Å²) in [5, 5.41) is 7.55. The highest BCUT2D eigenvalue weighted by Gasteiger charge is 2.16. The number of nitrogens with one attached hydrogen (secondary N) is 2. The van der Waals surface area contributed by atoms with Gasteiger partial charge in [0, 0.05) is 37.6 Å². The van der Waals surface area contributed by atoms with Gasteiger partial charge in [0.15, 0.2) is 0 Å². The van der Waals surface area contributed by atoms with Crippen molar-refractivity contribution < 1.29 is 4.79 Å². The van der Waals surface area contributed by atoms with Crippen molar-refractivity contribution in [1.82, 2.24) is 19.4 Å². The fraction of sp³-hybridized carbons (Fsp3) is 0.321. The summed E-state index contributed by atoms with van der Waals surface area (Å²) in [6.07, 6.45) is 2.48. The molecule has 182 valence electrons.